The van der Waals surface area contributed by atoms with Crippen molar-refractivity contribution < 1.29 is 14.3 Å². The Labute approximate surface area is 149 Å². The molecule has 0 aromatic heterocycles. The van der Waals surface area contributed by atoms with E-state index in [4.69, 9.17) is 21.7 Å². The fourth-order valence-corrected chi connectivity index (χ4v) is 3.28. The van der Waals surface area contributed by atoms with Crippen molar-refractivity contribution in [1.29, 1.82) is 0 Å². The first-order valence-electron chi connectivity index (χ1n) is 7.26. The van der Waals surface area contributed by atoms with Gasteiger partial charge < -0.3 is 14.8 Å². The van der Waals surface area contributed by atoms with Crippen LogP contribution in [0.3, 0.4) is 0 Å². The highest BCUT2D eigenvalue weighted by Gasteiger charge is 2.22. The molecular weight excluding hydrogens is 342 g/mol. The zero-order chi connectivity index (χ0) is 16.9. The quantitative estimate of drug-likeness (QED) is 0.635. The highest BCUT2D eigenvalue weighted by atomic mass is 32.2. The molecule has 0 atom stereocenters. The van der Waals surface area contributed by atoms with Crippen LogP contribution < -0.4 is 14.8 Å². The van der Waals surface area contributed by atoms with Crippen molar-refractivity contribution in [3.63, 3.8) is 0 Å². The maximum Gasteiger partial charge on any atom is 0.289 e. The molecule has 0 spiro atoms. The number of carbonyl (C=O) groups excluding carboxylic acids is 1. The molecule has 1 amide bonds. The molecule has 0 unspecified atom stereocenters. The third-order valence-corrected chi connectivity index (χ3v) is 4.66. The van der Waals surface area contributed by atoms with Crippen LogP contribution in [0.15, 0.2) is 53.4 Å². The highest BCUT2D eigenvalue weighted by molar-refractivity contribution is 8.19. The van der Waals surface area contributed by atoms with Crippen LogP contribution in [-0.2, 0) is 6.61 Å². The SMILES string of the molecule is COc1cccc(C=C2SC(=O)NC2=S)c1OCc1ccccc1. The molecule has 1 saturated heterocycles. The summed E-state index contributed by atoms with van der Waals surface area (Å²) in [6.45, 7) is 0.423. The molecule has 2 aromatic rings. The van der Waals surface area contributed by atoms with Crippen LogP contribution in [0.25, 0.3) is 6.08 Å². The van der Waals surface area contributed by atoms with Crippen molar-refractivity contribution in [2.24, 2.45) is 0 Å². The second-order valence-corrected chi connectivity index (χ2v) is 6.43. The molecule has 0 radical (unpaired) electrons. The van der Waals surface area contributed by atoms with Gasteiger partial charge in [-0.1, -0.05) is 54.7 Å². The van der Waals surface area contributed by atoms with Gasteiger partial charge in [0.1, 0.15) is 11.6 Å². The van der Waals surface area contributed by atoms with E-state index in [1.54, 1.807) is 7.11 Å². The number of ether oxygens (including phenoxy) is 2. The molecule has 6 heteroatoms. The molecule has 1 N–H and O–H groups in total. The second kappa shape index (κ2) is 7.51. The monoisotopic (exact) mass is 357 g/mol. The summed E-state index contributed by atoms with van der Waals surface area (Å²) in [7, 11) is 1.60. The molecule has 0 saturated carbocycles. The van der Waals surface area contributed by atoms with Gasteiger partial charge in [0.05, 0.1) is 12.0 Å². The van der Waals surface area contributed by atoms with Gasteiger partial charge in [0.2, 0.25) is 0 Å². The topological polar surface area (TPSA) is 47.6 Å². The summed E-state index contributed by atoms with van der Waals surface area (Å²) in [5.41, 5.74) is 1.87. The lowest BCUT2D eigenvalue weighted by Gasteiger charge is -2.14. The number of amides is 1. The normalized spacial score (nSPS) is 15.5. The largest absolute Gasteiger partial charge is 0.493 e. The average molecular weight is 357 g/mol. The summed E-state index contributed by atoms with van der Waals surface area (Å²) in [5.74, 6) is 1.26. The van der Waals surface area contributed by atoms with Crippen LogP contribution in [0, 0.1) is 0 Å². The average Bonchev–Trinajstić information content (AvgIpc) is 2.91. The predicted molar refractivity (Wildman–Crippen MR) is 100 cm³/mol. The van der Waals surface area contributed by atoms with Gasteiger partial charge in [0, 0.05) is 5.56 Å². The van der Waals surface area contributed by atoms with E-state index in [2.05, 4.69) is 5.32 Å². The Morgan fingerprint density at radius 3 is 2.62 bits per heavy atom. The molecule has 2 aromatic carbocycles. The minimum absolute atomic E-state index is 0.166. The number of carbonyl (C=O) groups is 1. The summed E-state index contributed by atoms with van der Waals surface area (Å²) in [6.07, 6.45) is 1.84. The Bertz CT molecular complexity index is 803. The van der Waals surface area contributed by atoms with Gasteiger partial charge in [-0.3, -0.25) is 4.79 Å². The van der Waals surface area contributed by atoms with E-state index in [0.717, 1.165) is 22.9 Å². The van der Waals surface area contributed by atoms with Gasteiger partial charge in [-0.2, -0.15) is 0 Å². The zero-order valence-electron chi connectivity index (χ0n) is 12.9. The molecule has 24 heavy (non-hydrogen) atoms. The van der Waals surface area contributed by atoms with Crippen molar-refractivity contribution in [3.8, 4) is 11.5 Å². The van der Waals surface area contributed by atoms with Crippen molar-refractivity contribution in [2.75, 3.05) is 7.11 Å². The van der Waals surface area contributed by atoms with E-state index in [1.807, 2.05) is 54.6 Å². The van der Waals surface area contributed by atoms with Crippen LogP contribution in [0.2, 0.25) is 0 Å². The van der Waals surface area contributed by atoms with Gasteiger partial charge >= 0.3 is 0 Å². The molecule has 4 nitrogen and oxygen atoms in total. The maximum atomic E-state index is 11.4. The minimum Gasteiger partial charge on any atom is -0.493 e. The number of hydrogen-bond acceptors (Lipinski definition) is 5. The Morgan fingerprint density at radius 1 is 1.17 bits per heavy atom. The number of methoxy groups -OCH3 is 1. The Kier molecular flexibility index (Phi) is 5.17. The van der Waals surface area contributed by atoms with E-state index >= 15 is 0 Å². The lowest BCUT2D eigenvalue weighted by Crippen LogP contribution is -2.15. The molecule has 1 aliphatic heterocycles. The minimum atomic E-state index is -0.166. The van der Waals surface area contributed by atoms with Crippen LogP contribution >= 0.6 is 24.0 Å². The van der Waals surface area contributed by atoms with Crippen LogP contribution in [0.4, 0.5) is 4.79 Å². The molecule has 0 bridgehead atoms. The number of thioether (sulfide) groups is 1. The fraction of sp³-hybridized carbons (Fsp3) is 0.111. The first-order valence-corrected chi connectivity index (χ1v) is 8.48. The first-order chi connectivity index (χ1) is 11.7. The van der Waals surface area contributed by atoms with E-state index < -0.39 is 0 Å². The van der Waals surface area contributed by atoms with E-state index in [-0.39, 0.29) is 5.24 Å². The van der Waals surface area contributed by atoms with Crippen molar-refractivity contribution in [2.45, 2.75) is 6.61 Å². The van der Waals surface area contributed by atoms with Crippen LogP contribution in [-0.4, -0.2) is 17.3 Å². The van der Waals surface area contributed by atoms with Gasteiger partial charge in [-0.15, -0.1) is 0 Å². The van der Waals surface area contributed by atoms with E-state index in [0.29, 0.717) is 28.0 Å². The number of nitrogens with one attached hydrogen (secondary N) is 1. The highest BCUT2D eigenvalue weighted by Crippen LogP contribution is 2.35. The summed E-state index contributed by atoms with van der Waals surface area (Å²) in [6, 6.07) is 15.5. The fourth-order valence-electron chi connectivity index (χ4n) is 2.25. The predicted octanol–water partition coefficient (Wildman–Crippen LogP) is 4.40. The summed E-state index contributed by atoms with van der Waals surface area (Å²) in [5, 5.41) is 2.44. The van der Waals surface area contributed by atoms with Gasteiger partial charge in [0.25, 0.3) is 5.24 Å². The van der Waals surface area contributed by atoms with E-state index in [9.17, 15) is 4.79 Å². The second-order valence-electron chi connectivity index (χ2n) is 5.01. The lowest BCUT2D eigenvalue weighted by atomic mass is 10.1. The van der Waals surface area contributed by atoms with Crippen LogP contribution in [0.5, 0.6) is 11.5 Å². The number of thiocarbonyl (C=S) groups is 1. The number of rotatable bonds is 5. The lowest BCUT2D eigenvalue weighted by molar-refractivity contribution is 0.265. The number of hydrogen-bond donors (Lipinski definition) is 1. The van der Waals surface area contributed by atoms with Gasteiger partial charge in [-0.05, 0) is 29.5 Å². The summed E-state index contributed by atoms with van der Waals surface area (Å²) in [4.78, 5) is 12.6. The van der Waals surface area contributed by atoms with Crippen molar-refractivity contribution in [1.82, 2.24) is 5.32 Å². The zero-order valence-corrected chi connectivity index (χ0v) is 14.6. The van der Waals surface area contributed by atoms with Crippen molar-refractivity contribution >= 4 is 40.3 Å². The van der Waals surface area contributed by atoms with Crippen molar-refractivity contribution in [3.05, 3.63) is 64.6 Å². The summed E-state index contributed by atoms with van der Waals surface area (Å²) >= 11 is 6.25. The molecule has 3 rings (SSSR count). The molecule has 1 fully saturated rings. The Morgan fingerprint density at radius 2 is 1.96 bits per heavy atom. The smallest absolute Gasteiger partial charge is 0.289 e. The maximum absolute atomic E-state index is 11.4. The van der Waals surface area contributed by atoms with Gasteiger partial charge in [0.15, 0.2) is 11.5 Å². The Hall–Kier alpha value is -2.31. The third kappa shape index (κ3) is 3.77. The first kappa shape index (κ1) is 16.5. The standard InChI is InChI=1S/C18H15NO3S2/c1-21-14-9-5-8-13(10-15-17(23)19-18(20)24-15)16(14)22-11-12-6-3-2-4-7-12/h2-10H,11H2,1H3,(H,19,20,23). The van der Waals surface area contributed by atoms with Gasteiger partial charge in [-0.25, -0.2) is 0 Å². The molecular formula is C18H15NO3S2. The third-order valence-electron chi connectivity index (χ3n) is 3.38. The van der Waals surface area contributed by atoms with E-state index in [1.165, 1.54) is 0 Å². The van der Waals surface area contributed by atoms with Crippen LogP contribution in [0.1, 0.15) is 11.1 Å². The number of para-hydroxylation sites is 1. The molecule has 1 aliphatic rings. The molecule has 122 valence electrons. The summed E-state index contributed by atoms with van der Waals surface area (Å²) < 4.78 is 11.4. The number of benzene rings is 2. The molecule has 0 aliphatic carbocycles. The Balaban J connectivity index is 1.90. The molecule has 1 heterocycles.